The number of hydrogen-bond acceptors (Lipinski definition) is 2. The maximum atomic E-state index is 12.5. The van der Waals surface area contributed by atoms with E-state index < -0.39 is 0 Å². The van der Waals surface area contributed by atoms with Gasteiger partial charge in [0.25, 0.3) is 0 Å². The fraction of sp³-hybridized carbons (Fsp3) is 0.0714. The maximum absolute atomic E-state index is 12.5. The SMILES string of the molecule is Cc1cccc2[nH]cc(C(=O)c3csc(Br)c3)c12. The molecule has 0 fully saturated rings. The van der Waals surface area contributed by atoms with Gasteiger partial charge in [-0.2, -0.15) is 0 Å². The summed E-state index contributed by atoms with van der Waals surface area (Å²) >= 11 is 4.91. The van der Waals surface area contributed by atoms with Gasteiger partial charge in [-0.15, -0.1) is 11.3 Å². The molecule has 3 rings (SSSR count). The summed E-state index contributed by atoms with van der Waals surface area (Å²) in [5.74, 6) is 0.0671. The fourth-order valence-electron chi connectivity index (χ4n) is 2.13. The average Bonchev–Trinajstić information content (AvgIpc) is 2.95. The number of H-pyrrole nitrogens is 1. The van der Waals surface area contributed by atoms with Gasteiger partial charge >= 0.3 is 0 Å². The van der Waals surface area contributed by atoms with Crippen LogP contribution in [0, 0.1) is 6.92 Å². The Kier molecular flexibility index (Phi) is 2.84. The zero-order valence-corrected chi connectivity index (χ0v) is 12.1. The van der Waals surface area contributed by atoms with Gasteiger partial charge in [0.1, 0.15) is 0 Å². The van der Waals surface area contributed by atoms with Crippen LogP contribution in [0.25, 0.3) is 10.9 Å². The molecule has 2 heterocycles. The van der Waals surface area contributed by atoms with Crippen molar-refractivity contribution in [3.63, 3.8) is 0 Å². The molecular formula is C14H10BrNOS. The van der Waals surface area contributed by atoms with Crippen molar-refractivity contribution in [3.8, 4) is 0 Å². The van der Waals surface area contributed by atoms with E-state index in [2.05, 4.69) is 20.9 Å². The first-order valence-electron chi connectivity index (χ1n) is 5.52. The van der Waals surface area contributed by atoms with Crippen molar-refractivity contribution in [2.24, 2.45) is 0 Å². The predicted octanol–water partition coefficient (Wildman–Crippen LogP) is 4.53. The molecule has 2 aromatic heterocycles. The van der Waals surface area contributed by atoms with E-state index in [4.69, 9.17) is 0 Å². The smallest absolute Gasteiger partial charge is 0.196 e. The molecule has 0 radical (unpaired) electrons. The molecule has 0 saturated heterocycles. The number of carbonyl (C=O) groups is 1. The molecule has 0 atom stereocenters. The van der Waals surface area contributed by atoms with Gasteiger partial charge in [0, 0.05) is 33.6 Å². The molecule has 1 N–H and O–H groups in total. The first-order chi connectivity index (χ1) is 8.66. The minimum atomic E-state index is 0.0671. The van der Waals surface area contributed by atoms with Crippen LogP contribution >= 0.6 is 27.3 Å². The standard InChI is InChI=1S/C14H10BrNOS/c1-8-3-2-4-11-13(8)10(6-16-11)14(17)9-5-12(15)18-7-9/h2-7,16H,1H3. The normalized spacial score (nSPS) is 11.0. The van der Waals surface area contributed by atoms with E-state index in [1.54, 1.807) is 6.20 Å². The van der Waals surface area contributed by atoms with Crippen molar-refractivity contribution in [2.45, 2.75) is 6.92 Å². The number of fused-ring (bicyclic) bond motifs is 1. The third-order valence-corrected chi connectivity index (χ3v) is 4.49. The summed E-state index contributed by atoms with van der Waals surface area (Å²) in [7, 11) is 0. The lowest BCUT2D eigenvalue weighted by Gasteiger charge is -1.99. The van der Waals surface area contributed by atoms with Gasteiger partial charge in [-0.05, 0) is 40.5 Å². The van der Waals surface area contributed by atoms with E-state index in [1.807, 2.05) is 36.6 Å². The van der Waals surface area contributed by atoms with Gasteiger partial charge in [-0.25, -0.2) is 0 Å². The Morgan fingerprint density at radius 1 is 1.39 bits per heavy atom. The van der Waals surface area contributed by atoms with Crippen molar-refractivity contribution in [2.75, 3.05) is 0 Å². The van der Waals surface area contributed by atoms with Gasteiger partial charge in [0.05, 0.1) is 3.79 Å². The predicted molar refractivity (Wildman–Crippen MR) is 78.5 cm³/mol. The van der Waals surface area contributed by atoms with Gasteiger partial charge in [0.2, 0.25) is 0 Å². The minimum absolute atomic E-state index is 0.0671. The molecule has 0 bridgehead atoms. The number of nitrogens with one attached hydrogen (secondary N) is 1. The first-order valence-corrected chi connectivity index (χ1v) is 7.19. The second-order valence-electron chi connectivity index (χ2n) is 4.17. The number of ketones is 1. The van der Waals surface area contributed by atoms with Crippen LogP contribution in [0.15, 0.2) is 39.6 Å². The number of benzene rings is 1. The molecule has 0 unspecified atom stereocenters. The highest BCUT2D eigenvalue weighted by molar-refractivity contribution is 9.11. The number of aromatic nitrogens is 1. The number of rotatable bonds is 2. The maximum Gasteiger partial charge on any atom is 0.196 e. The quantitative estimate of drug-likeness (QED) is 0.691. The number of thiophene rings is 1. The lowest BCUT2D eigenvalue weighted by Crippen LogP contribution is -1.98. The second-order valence-corrected chi connectivity index (χ2v) is 6.46. The van der Waals surface area contributed by atoms with Gasteiger partial charge < -0.3 is 4.98 Å². The molecule has 1 aromatic carbocycles. The van der Waals surface area contributed by atoms with Crippen LogP contribution in [0.3, 0.4) is 0 Å². The summed E-state index contributed by atoms with van der Waals surface area (Å²) in [4.78, 5) is 15.6. The van der Waals surface area contributed by atoms with Crippen molar-refractivity contribution in [1.82, 2.24) is 4.98 Å². The fourth-order valence-corrected chi connectivity index (χ4v) is 3.27. The van der Waals surface area contributed by atoms with Crippen LogP contribution in [-0.2, 0) is 0 Å². The number of halogens is 1. The summed E-state index contributed by atoms with van der Waals surface area (Å²) in [6.45, 7) is 2.02. The summed E-state index contributed by atoms with van der Waals surface area (Å²) in [5, 5.41) is 2.90. The van der Waals surface area contributed by atoms with Crippen LogP contribution in [0.2, 0.25) is 0 Å². The lowest BCUT2D eigenvalue weighted by molar-refractivity contribution is 0.104. The average molecular weight is 320 g/mol. The molecule has 4 heteroatoms. The molecule has 0 amide bonds. The summed E-state index contributed by atoms with van der Waals surface area (Å²) in [5.41, 5.74) is 3.60. The zero-order valence-electron chi connectivity index (χ0n) is 9.66. The topological polar surface area (TPSA) is 32.9 Å². The van der Waals surface area contributed by atoms with Crippen molar-refractivity contribution in [3.05, 3.63) is 56.3 Å². The molecule has 2 nitrogen and oxygen atoms in total. The van der Waals surface area contributed by atoms with E-state index in [0.29, 0.717) is 0 Å². The Hall–Kier alpha value is -1.39. The Bertz CT molecular complexity index is 741. The zero-order chi connectivity index (χ0) is 12.7. The number of carbonyl (C=O) groups excluding carboxylic acids is 1. The minimum Gasteiger partial charge on any atom is -0.360 e. The molecule has 3 aromatic rings. The van der Waals surface area contributed by atoms with E-state index in [1.165, 1.54) is 11.3 Å². The van der Waals surface area contributed by atoms with Crippen LogP contribution in [0.1, 0.15) is 21.5 Å². The van der Waals surface area contributed by atoms with Crippen molar-refractivity contribution in [1.29, 1.82) is 0 Å². The van der Waals surface area contributed by atoms with Crippen LogP contribution in [0.4, 0.5) is 0 Å². The van der Waals surface area contributed by atoms with Crippen LogP contribution in [-0.4, -0.2) is 10.8 Å². The highest BCUT2D eigenvalue weighted by atomic mass is 79.9. The van der Waals surface area contributed by atoms with E-state index in [9.17, 15) is 4.79 Å². The molecule has 0 aliphatic carbocycles. The third-order valence-electron chi connectivity index (χ3n) is 2.99. The third kappa shape index (κ3) is 1.82. The van der Waals surface area contributed by atoms with Crippen molar-refractivity contribution >= 4 is 44.0 Å². The largest absolute Gasteiger partial charge is 0.360 e. The van der Waals surface area contributed by atoms with Gasteiger partial charge in [-0.3, -0.25) is 4.79 Å². The van der Waals surface area contributed by atoms with Gasteiger partial charge in [-0.1, -0.05) is 12.1 Å². The number of hydrogen-bond donors (Lipinski definition) is 1. The van der Waals surface area contributed by atoms with E-state index in [0.717, 1.165) is 31.4 Å². The van der Waals surface area contributed by atoms with Crippen LogP contribution < -0.4 is 0 Å². The van der Waals surface area contributed by atoms with E-state index >= 15 is 0 Å². The molecule has 0 saturated carbocycles. The molecule has 0 spiro atoms. The number of aryl methyl sites for hydroxylation is 1. The Balaban J connectivity index is 2.18. The summed E-state index contributed by atoms with van der Waals surface area (Å²) < 4.78 is 0.974. The van der Waals surface area contributed by atoms with Crippen LogP contribution in [0.5, 0.6) is 0 Å². The summed E-state index contributed by atoms with van der Waals surface area (Å²) in [6, 6.07) is 7.87. The Morgan fingerprint density at radius 3 is 2.94 bits per heavy atom. The molecule has 0 aliphatic rings. The summed E-state index contributed by atoms with van der Waals surface area (Å²) in [6.07, 6.45) is 1.80. The Morgan fingerprint density at radius 2 is 2.22 bits per heavy atom. The number of aromatic amines is 1. The monoisotopic (exact) mass is 319 g/mol. The molecule has 90 valence electrons. The van der Waals surface area contributed by atoms with Crippen molar-refractivity contribution < 1.29 is 4.79 Å². The van der Waals surface area contributed by atoms with Gasteiger partial charge in [0.15, 0.2) is 5.78 Å². The highest BCUT2D eigenvalue weighted by Crippen LogP contribution is 2.27. The molecule has 0 aliphatic heterocycles. The Labute approximate surface area is 117 Å². The highest BCUT2D eigenvalue weighted by Gasteiger charge is 2.16. The molecular weight excluding hydrogens is 310 g/mol. The second kappa shape index (κ2) is 4.37. The first kappa shape index (κ1) is 11.7. The lowest BCUT2D eigenvalue weighted by atomic mass is 10.0. The molecule has 18 heavy (non-hydrogen) atoms. The van der Waals surface area contributed by atoms with E-state index in [-0.39, 0.29) is 5.78 Å².